The quantitative estimate of drug-likeness (QED) is 0.705. The highest BCUT2D eigenvalue weighted by Crippen LogP contribution is 2.27. The highest BCUT2D eigenvalue weighted by atomic mass is 16.4. The van der Waals surface area contributed by atoms with Crippen LogP contribution in [0.2, 0.25) is 0 Å². The molecule has 0 aromatic carbocycles. The lowest BCUT2D eigenvalue weighted by molar-refractivity contribution is -0.148. The number of carboxylic acid groups (broad SMARTS) is 1. The van der Waals surface area contributed by atoms with E-state index in [1.165, 1.54) is 6.07 Å². The topological polar surface area (TPSA) is 105 Å². The maximum absolute atomic E-state index is 11.4. The smallest absolute Gasteiger partial charge is 0.311 e. The number of nitrogens with zero attached hydrogens (tertiary/aromatic N) is 1. The van der Waals surface area contributed by atoms with Gasteiger partial charge in [-0.3, -0.25) is 9.59 Å². The van der Waals surface area contributed by atoms with E-state index >= 15 is 0 Å². The number of aromatic nitrogens is 1. The van der Waals surface area contributed by atoms with Gasteiger partial charge >= 0.3 is 5.97 Å². The normalized spacial score (nSPS) is 11.2. The highest BCUT2D eigenvalue weighted by Gasteiger charge is 2.34. The fraction of sp³-hybridized carbons (Fsp3) is 0.500. The summed E-state index contributed by atoms with van der Waals surface area (Å²) in [5, 5.41) is 12.4. The number of amides is 1. The van der Waals surface area contributed by atoms with Crippen LogP contribution in [-0.4, -0.2) is 28.5 Å². The monoisotopic (exact) mass is 279 g/mol. The Hall–Kier alpha value is -2.11. The molecule has 20 heavy (non-hydrogen) atoms. The Balaban J connectivity index is 2.94. The molecule has 0 aliphatic carbocycles. The minimum absolute atomic E-state index is 0.254. The fourth-order valence-electron chi connectivity index (χ4n) is 2.04. The molecule has 0 saturated heterocycles. The molecule has 1 aromatic heterocycles. The zero-order chi connectivity index (χ0) is 15.3. The third-order valence-electron chi connectivity index (χ3n) is 3.65. The molecule has 0 aliphatic heterocycles. The van der Waals surface area contributed by atoms with Crippen LogP contribution >= 0.6 is 0 Å². The van der Waals surface area contributed by atoms with Crippen LogP contribution in [0.25, 0.3) is 0 Å². The number of carbonyl (C=O) groups is 2. The van der Waals surface area contributed by atoms with Crippen LogP contribution < -0.4 is 11.1 Å². The molecule has 1 amide bonds. The van der Waals surface area contributed by atoms with Crippen LogP contribution in [0.15, 0.2) is 12.1 Å². The van der Waals surface area contributed by atoms with E-state index in [1.807, 2.05) is 13.8 Å². The number of aryl methyl sites for hydroxylation is 1. The van der Waals surface area contributed by atoms with Crippen LogP contribution in [0, 0.1) is 12.3 Å². The van der Waals surface area contributed by atoms with Crippen LogP contribution in [0.1, 0.15) is 42.7 Å². The van der Waals surface area contributed by atoms with E-state index in [9.17, 15) is 14.7 Å². The first-order valence-electron chi connectivity index (χ1n) is 6.60. The van der Waals surface area contributed by atoms with Crippen molar-refractivity contribution >= 4 is 17.7 Å². The summed E-state index contributed by atoms with van der Waals surface area (Å²) in [5.74, 6) is -0.905. The van der Waals surface area contributed by atoms with Gasteiger partial charge in [-0.05, 0) is 31.9 Å². The van der Waals surface area contributed by atoms with Gasteiger partial charge in [-0.15, -0.1) is 0 Å². The van der Waals surface area contributed by atoms with E-state index in [1.54, 1.807) is 13.0 Å². The van der Waals surface area contributed by atoms with Crippen molar-refractivity contribution in [2.75, 3.05) is 11.9 Å². The zero-order valence-electron chi connectivity index (χ0n) is 12.1. The fourth-order valence-corrected chi connectivity index (χ4v) is 2.04. The summed E-state index contributed by atoms with van der Waals surface area (Å²) in [6, 6.07) is 3.13. The molecule has 1 aromatic rings. The number of carbonyl (C=O) groups excluding carboxylic acids is 1. The van der Waals surface area contributed by atoms with Gasteiger partial charge in [0, 0.05) is 17.8 Å². The van der Waals surface area contributed by atoms with Gasteiger partial charge in [0.1, 0.15) is 5.82 Å². The third-order valence-corrected chi connectivity index (χ3v) is 3.65. The molecule has 0 spiro atoms. The molecule has 0 bridgehead atoms. The summed E-state index contributed by atoms with van der Waals surface area (Å²) in [7, 11) is 0. The van der Waals surface area contributed by atoms with Gasteiger partial charge in [-0.25, -0.2) is 4.98 Å². The zero-order valence-corrected chi connectivity index (χ0v) is 12.1. The Morgan fingerprint density at radius 2 is 1.95 bits per heavy atom. The predicted octanol–water partition coefficient (Wildman–Crippen LogP) is 1.79. The van der Waals surface area contributed by atoms with Crippen molar-refractivity contribution in [1.82, 2.24) is 4.98 Å². The summed E-state index contributed by atoms with van der Waals surface area (Å²) in [4.78, 5) is 26.8. The predicted molar refractivity (Wildman–Crippen MR) is 76.6 cm³/mol. The van der Waals surface area contributed by atoms with Crippen molar-refractivity contribution in [3.63, 3.8) is 0 Å². The maximum atomic E-state index is 11.4. The Labute approximate surface area is 118 Å². The molecular formula is C14H21N3O3. The summed E-state index contributed by atoms with van der Waals surface area (Å²) in [6.45, 7) is 5.70. The van der Waals surface area contributed by atoms with E-state index < -0.39 is 17.3 Å². The number of hydrogen-bond acceptors (Lipinski definition) is 4. The Bertz CT molecular complexity index is 510. The summed E-state index contributed by atoms with van der Waals surface area (Å²) < 4.78 is 0. The molecular weight excluding hydrogens is 258 g/mol. The number of hydrogen-bond donors (Lipinski definition) is 3. The van der Waals surface area contributed by atoms with Crippen molar-refractivity contribution in [2.45, 2.75) is 33.6 Å². The van der Waals surface area contributed by atoms with Gasteiger partial charge in [0.2, 0.25) is 5.91 Å². The Kier molecular flexibility index (Phi) is 5.07. The van der Waals surface area contributed by atoms with E-state index in [0.717, 1.165) is 0 Å². The first-order chi connectivity index (χ1) is 9.34. The maximum Gasteiger partial charge on any atom is 0.311 e. The van der Waals surface area contributed by atoms with Crippen molar-refractivity contribution in [2.24, 2.45) is 11.1 Å². The van der Waals surface area contributed by atoms with Crippen LogP contribution in [0.4, 0.5) is 5.82 Å². The lowest BCUT2D eigenvalue weighted by Gasteiger charge is -2.27. The standard InChI is InChI=1S/C14H21N3O3/c1-4-14(5-2,13(19)20)8-16-11-7-10(12(15)18)6-9(3)17-11/h6-7H,4-5,8H2,1-3H3,(H2,15,18)(H,16,17)(H,19,20). The average molecular weight is 279 g/mol. The van der Waals surface area contributed by atoms with Gasteiger partial charge in [0.15, 0.2) is 0 Å². The first kappa shape index (κ1) is 15.9. The van der Waals surface area contributed by atoms with Crippen LogP contribution in [0.3, 0.4) is 0 Å². The van der Waals surface area contributed by atoms with E-state index in [2.05, 4.69) is 10.3 Å². The summed E-state index contributed by atoms with van der Waals surface area (Å²) in [6.07, 6.45) is 1.03. The number of nitrogens with two attached hydrogens (primary N) is 1. The van der Waals surface area contributed by atoms with Crippen molar-refractivity contribution < 1.29 is 14.7 Å². The summed E-state index contributed by atoms with van der Waals surface area (Å²) >= 11 is 0. The number of rotatable bonds is 7. The van der Waals surface area contributed by atoms with Gasteiger partial charge in [0.05, 0.1) is 5.41 Å². The second kappa shape index (κ2) is 6.36. The molecule has 1 heterocycles. The SMILES string of the molecule is CCC(CC)(CNc1cc(C(N)=O)cc(C)n1)C(=O)O. The molecule has 0 unspecified atom stereocenters. The molecule has 0 atom stereocenters. The van der Waals surface area contributed by atoms with E-state index in [4.69, 9.17) is 5.73 Å². The Morgan fingerprint density at radius 3 is 2.40 bits per heavy atom. The second-order valence-corrected chi connectivity index (χ2v) is 4.89. The Morgan fingerprint density at radius 1 is 1.35 bits per heavy atom. The molecule has 6 nitrogen and oxygen atoms in total. The first-order valence-corrected chi connectivity index (χ1v) is 6.60. The molecule has 0 fully saturated rings. The largest absolute Gasteiger partial charge is 0.481 e. The van der Waals surface area contributed by atoms with Crippen LogP contribution in [-0.2, 0) is 4.79 Å². The molecule has 0 radical (unpaired) electrons. The number of primary amides is 1. The van der Waals surface area contributed by atoms with Crippen LogP contribution in [0.5, 0.6) is 0 Å². The van der Waals surface area contributed by atoms with Gasteiger partial charge < -0.3 is 16.2 Å². The van der Waals surface area contributed by atoms with Gasteiger partial charge in [-0.1, -0.05) is 13.8 Å². The molecule has 4 N–H and O–H groups in total. The number of anilines is 1. The third kappa shape index (κ3) is 3.46. The second-order valence-electron chi connectivity index (χ2n) is 4.89. The van der Waals surface area contributed by atoms with Crippen molar-refractivity contribution in [3.8, 4) is 0 Å². The number of aliphatic carboxylic acids is 1. The molecule has 1 rings (SSSR count). The number of carboxylic acids is 1. The van der Waals surface area contributed by atoms with E-state index in [-0.39, 0.29) is 6.54 Å². The number of nitrogens with one attached hydrogen (secondary N) is 1. The number of pyridine rings is 1. The molecule has 110 valence electrons. The van der Waals surface area contributed by atoms with Gasteiger partial charge in [0.25, 0.3) is 0 Å². The highest BCUT2D eigenvalue weighted by molar-refractivity contribution is 5.93. The minimum atomic E-state index is -0.835. The van der Waals surface area contributed by atoms with E-state index in [0.29, 0.717) is 29.9 Å². The molecule has 0 saturated carbocycles. The molecule has 6 heteroatoms. The lowest BCUT2D eigenvalue weighted by Crippen LogP contribution is -2.37. The molecule has 0 aliphatic rings. The van der Waals surface area contributed by atoms with Crippen molar-refractivity contribution in [1.29, 1.82) is 0 Å². The average Bonchev–Trinajstić information content (AvgIpc) is 2.39. The summed E-state index contributed by atoms with van der Waals surface area (Å²) in [5.41, 5.74) is 5.42. The lowest BCUT2D eigenvalue weighted by atomic mass is 9.82. The van der Waals surface area contributed by atoms with Gasteiger partial charge in [-0.2, -0.15) is 0 Å². The van der Waals surface area contributed by atoms with Crippen molar-refractivity contribution in [3.05, 3.63) is 23.4 Å². The minimum Gasteiger partial charge on any atom is -0.481 e.